The molecule has 0 radical (unpaired) electrons. The van der Waals surface area contributed by atoms with Crippen LogP contribution in [0.3, 0.4) is 0 Å². The second kappa shape index (κ2) is 5.50. The molecule has 1 aromatic heterocycles. The molecule has 5 nitrogen and oxygen atoms in total. The second-order valence-corrected chi connectivity index (χ2v) is 3.72. The summed E-state index contributed by atoms with van der Waals surface area (Å²) < 4.78 is 0. The van der Waals surface area contributed by atoms with E-state index in [9.17, 15) is 0 Å². The van der Waals surface area contributed by atoms with E-state index in [-0.39, 0.29) is 12.6 Å². The molecule has 5 heteroatoms. The van der Waals surface area contributed by atoms with Gasteiger partial charge in [-0.25, -0.2) is 4.98 Å². The summed E-state index contributed by atoms with van der Waals surface area (Å²) in [5.41, 5.74) is 0. The molecule has 84 valence electrons. The summed E-state index contributed by atoms with van der Waals surface area (Å²) in [5, 5.41) is 15.2. The number of aliphatic hydroxyl groups is 1. The van der Waals surface area contributed by atoms with Gasteiger partial charge in [0.05, 0.1) is 25.0 Å². The first-order chi connectivity index (χ1) is 7.17. The van der Waals surface area contributed by atoms with Crippen molar-refractivity contribution >= 4 is 11.6 Å². The van der Waals surface area contributed by atoms with Crippen molar-refractivity contribution in [3.63, 3.8) is 0 Å². The molecule has 3 N–H and O–H groups in total. The Balaban J connectivity index is 2.70. The van der Waals surface area contributed by atoms with Crippen molar-refractivity contribution < 1.29 is 5.11 Å². The van der Waals surface area contributed by atoms with Crippen molar-refractivity contribution in [2.45, 2.75) is 19.9 Å². The lowest BCUT2D eigenvalue weighted by Crippen LogP contribution is -2.29. The Labute approximate surface area is 90.0 Å². The molecule has 0 saturated heterocycles. The predicted octanol–water partition coefficient (Wildman–Crippen LogP) is 0.947. The van der Waals surface area contributed by atoms with E-state index in [2.05, 4.69) is 20.6 Å². The first-order valence-corrected chi connectivity index (χ1v) is 5.04. The standard InChI is InChI=1S/C10H18N4O/c1-7(2)8(6-15)13-10-5-12-4-9(11-3)14-10/h4-5,7-8,15H,6H2,1-3H3,(H2,11,13,14). The van der Waals surface area contributed by atoms with Gasteiger partial charge in [-0.05, 0) is 5.92 Å². The van der Waals surface area contributed by atoms with E-state index in [4.69, 9.17) is 5.11 Å². The van der Waals surface area contributed by atoms with Gasteiger partial charge in [-0.2, -0.15) is 0 Å². The van der Waals surface area contributed by atoms with Crippen LogP contribution in [0.2, 0.25) is 0 Å². The van der Waals surface area contributed by atoms with E-state index in [0.717, 1.165) is 0 Å². The summed E-state index contributed by atoms with van der Waals surface area (Å²) in [6.45, 7) is 4.18. The minimum absolute atomic E-state index is 0.00593. The first kappa shape index (κ1) is 11.7. The Morgan fingerprint density at radius 3 is 2.53 bits per heavy atom. The van der Waals surface area contributed by atoms with Crippen LogP contribution in [0.25, 0.3) is 0 Å². The highest BCUT2D eigenvalue weighted by Gasteiger charge is 2.12. The predicted molar refractivity (Wildman–Crippen MR) is 60.9 cm³/mol. The van der Waals surface area contributed by atoms with E-state index in [1.807, 2.05) is 13.8 Å². The molecule has 0 saturated carbocycles. The van der Waals surface area contributed by atoms with Gasteiger partial charge in [-0.1, -0.05) is 13.8 Å². The number of nitrogens with one attached hydrogen (secondary N) is 2. The van der Waals surface area contributed by atoms with Crippen LogP contribution < -0.4 is 10.6 Å². The van der Waals surface area contributed by atoms with Crippen LogP contribution in [0, 0.1) is 5.92 Å². The molecule has 0 fully saturated rings. The molecule has 1 unspecified atom stereocenters. The van der Waals surface area contributed by atoms with Crippen LogP contribution in [0.4, 0.5) is 11.6 Å². The Morgan fingerprint density at radius 2 is 2.00 bits per heavy atom. The molecule has 0 aromatic carbocycles. The van der Waals surface area contributed by atoms with Gasteiger partial charge in [0.1, 0.15) is 11.6 Å². The molecule has 1 rings (SSSR count). The molecule has 1 atom stereocenters. The zero-order valence-corrected chi connectivity index (χ0v) is 9.36. The highest BCUT2D eigenvalue weighted by Crippen LogP contribution is 2.11. The van der Waals surface area contributed by atoms with Gasteiger partial charge in [0.25, 0.3) is 0 Å². The highest BCUT2D eigenvalue weighted by atomic mass is 16.3. The monoisotopic (exact) mass is 210 g/mol. The largest absolute Gasteiger partial charge is 0.394 e. The van der Waals surface area contributed by atoms with Gasteiger partial charge in [0.15, 0.2) is 0 Å². The molecule has 15 heavy (non-hydrogen) atoms. The SMILES string of the molecule is CNc1cncc(NC(CO)C(C)C)n1. The molecule has 0 bridgehead atoms. The van der Waals surface area contributed by atoms with Crippen molar-refractivity contribution in [2.24, 2.45) is 5.92 Å². The zero-order valence-electron chi connectivity index (χ0n) is 9.36. The fourth-order valence-corrected chi connectivity index (χ4v) is 1.17. The lowest BCUT2D eigenvalue weighted by molar-refractivity contribution is 0.249. The van der Waals surface area contributed by atoms with Gasteiger partial charge < -0.3 is 15.7 Å². The van der Waals surface area contributed by atoms with Crippen LogP contribution in [0.5, 0.6) is 0 Å². The van der Waals surface area contributed by atoms with E-state index in [1.165, 1.54) is 0 Å². The number of aliphatic hydroxyl groups excluding tert-OH is 1. The topological polar surface area (TPSA) is 70.1 Å². The van der Waals surface area contributed by atoms with E-state index >= 15 is 0 Å². The molecule has 0 amide bonds. The number of aromatic nitrogens is 2. The van der Waals surface area contributed by atoms with Crippen molar-refractivity contribution in [3.05, 3.63) is 12.4 Å². The van der Waals surface area contributed by atoms with E-state index in [1.54, 1.807) is 19.4 Å². The second-order valence-electron chi connectivity index (χ2n) is 3.72. The minimum Gasteiger partial charge on any atom is -0.394 e. The minimum atomic E-state index is 0.00593. The van der Waals surface area contributed by atoms with Gasteiger partial charge in [0.2, 0.25) is 0 Å². The van der Waals surface area contributed by atoms with E-state index < -0.39 is 0 Å². The smallest absolute Gasteiger partial charge is 0.147 e. The maximum atomic E-state index is 9.16. The van der Waals surface area contributed by atoms with E-state index in [0.29, 0.717) is 17.6 Å². The highest BCUT2D eigenvalue weighted by molar-refractivity contribution is 5.41. The van der Waals surface area contributed by atoms with Crippen molar-refractivity contribution in [1.82, 2.24) is 9.97 Å². The fraction of sp³-hybridized carbons (Fsp3) is 0.600. The number of anilines is 2. The lowest BCUT2D eigenvalue weighted by atomic mass is 10.1. The van der Waals surface area contributed by atoms with Crippen molar-refractivity contribution in [1.29, 1.82) is 0 Å². The molecular weight excluding hydrogens is 192 g/mol. The zero-order chi connectivity index (χ0) is 11.3. The average Bonchev–Trinajstić information content (AvgIpc) is 2.25. The third-order valence-electron chi connectivity index (χ3n) is 2.23. The van der Waals surface area contributed by atoms with Crippen LogP contribution in [-0.2, 0) is 0 Å². The number of hydrogen-bond acceptors (Lipinski definition) is 5. The van der Waals surface area contributed by atoms with Crippen molar-refractivity contribution in [3.8, 4) is 0 Å². The average molecular weight is 210 g/mol. The number of rotatable bonds is 5. The quantitative estimate of drug-likeness (QED) is 0.675. The normalized spacial score (nSPS) is 12.6. The molecule has 0 spiro atoms. The van der Waals surface area contributed by atoms with Crippen LogP contribution in [-0.4, -0.2) is 34.8 Å². The lowest BCUT2D eigenvalue weighted by Gasteiger charge is -2.20. The van der Waals surface area contributed by atoms with Crippen LogP contribution in [0.1, 0.15) is 13.8 Å². The van der Waals surface area contributed by atoms with Crippen molar-refractivity contribution in [2.75, 3.05) is 24.3 Å². The van der Waals surface area contributed by atoms with Gasteiger partial charge in [-0.15, -0.1) is 0 Å². The summed E-state index contributed by atoms with van der Waals surface area (Å²) in [4.78, 5) is 8.30. The molecule has 0 aliphatic heterocycles. The molecule has 1 heterocycles. The number of nitrogens with zero attached hydrogens (tertiary/aromatic N) is 2. The summed E-state index contributed by atoms with van der Waals surface area (Å²) >= 11 is 0. The third kappa shape index (κ3) is 3.36. The summed E-state index contributed by atoms with van der Waals surface area (Å²) in [7, 11) is 1.79. The molecule has 1 aromatic rings. The Hall–Kier alpha value is -1.36. The maximum Gasteiger partial charge on any atom is 0.147 e. The third-order valence-corrected chi connectivity index (χ3v) is 2.23. The first-order valence-electron chi connectivity index (χ1n) is 5.04. The number of hydrogen-bond donors (Lipinski definition) is 3. The molecule has 0 aliphatic carbocycles. The Morgan fingerprint density at radius 1 is 1.33 bits per heavy atom. The summed E-state index contributed by atoms with van der Waals surface area (Å²) in [5.74, 6) is 1.73. The molecular formula is C10H18N4O. The van der Waals surface area contributed by atoms with Gasteiger partial charge >= 0.3 is 0 Å². The van der Waals surface area contributed by atoms with Crippen LogP contribution >= 0.6 is 0 Å². The summed E-state index contributed by atoms with van der Waals surface area (Å²) in [6.07, 6.45) is 3.29. The van der Waals surface area contributed by atoms with Gasteiger partial charge in [-0.3, -0.25) is 4.98 Å². The summed E-state index contributed by atoms with van der Waals surface area (Å²) in [6, 6.07) is 0.00593. The maximum absolute atomic E-state index is 9.16. The molecule has 0 aliphatic rings. The Kier molecular flexibility index (Phi) is 4.30. The Bertz CT molecular complexity index is 303. The fourth-order valence-electron chi connectivity index (χ4n) is 1.17. The van der Waals surface area contributed by atoms with Gasteiger partial charge in [0, 0.05) is 7.05 Å². The van der Waals surface area contributed by atoms with Crippen LogP contribution in [0.15, 0.2) is 12.4 Å².